The van der Waals surface area contributed by atoms with Gasteiger partial charge >= 0.3 is 5.97 Å². The maximum atomic E-state index is 11.5. The topological polar surface area (TPSA) is 62.7 Å². The predicted molar refractivity (Wildman–Crippen MR) is 58.4 cm³/mol. The van der Waals surface area contributed by atoms with Gasteiger partial charge in [0.05, 0.1) is 13.2 Å². The van der Waals surface area contributed by atoms with Gasteiger partial charge in [0.2, 0.25) is 0 Å². The van der Waals surface area contributed by atoms with Gasteiger partial charge in [-0.3, -0.25) is 0 Å². The highest BCUT2D eigenvalue weighted by atomic mass is 16.5. The van der Waals surface area contributed by atoms with E-state index >= 15 is 0 Å². The molecule has 1 unspecified atom stereocenters. The highest BCUT2D eigenvalue weighted by Crippen LogP contribution is 2.22. The number of aliphatic hydroxyl groups is 1. The molecule has 2 heterocycles. The van der Waals surface area contributed by atoms with Crippen LogP contribution in [0.2, 0.25) is 0 Å². The Morgan fingerprint density at radius 2 is 2.50 bits per heavy atom. The number of methoxy groups -OCH3 is 1. The van der Waals surface area contributed by atoms with Gasteiger partial charge in [-0.05, 0) is 18.6 Å². The number of carbonyl (C=O) groups excluding carboxylic acids is 1. The molecule has 0 spiro atoms. The van der Waals surface area contributed by atoms with Gasteiger partial charge in [-0.1, -0.05) is 0 Å². The summed E-state index contributed by atoms with van der Waals surface area (Å²) in [5.74, 6) is 0.190. The SMILES string of the molecule is COC(=O)c1cccnc1N1CCC(O)C1. The highest BCUT2D eigenvalue weighted by molar-refractivity contribution is 5.94. The van der Waals surface area contributed by atoms with E-state index in [0.717, 1.165) is 0 Å². The average molecular weight is 222 g/mol. The Labute approximate surface area is 93.7 Å². The molecule has 0 radical (unpaired) electrons. The molecule has 1 fully saturated rings. The number of aromatic nitrogens is 1. The van der Waals surface area contributed by atoms with Crippen LogP contribution < -0.4 is 4.90 Å². The zero-order valence-electron chi connectivity index (χ0n) is 9.09. The fourth-order valence-corrected chi connectivity index (χ4v) is 1.85. The monoisotopic (exact) mass is 222 g/mol. The first kappa shape index (κ1) is 10.9. The third kappa shape index (κ3) is 1.99. The van der Waals surface area contributed by atoms with Gasteiger partial charge in [0, 0.05) is 19.3 Å². The molecular formula is C11H14N2O3. The summed E-state index contributed by atoms with van der Waals surface area (Å²) < 4.78 is 4.70. The minimum absolute atomic E-state index is 0.340. The first-order valence-corrected chi connectivity index (χ1v) is 5.18. The molecule has 1 aliphatic heterocycles. The first-order valence-electron chi connectivity index (χ1n) is 5.18. The van der Waals surface area contributed by atoms with Crippen LogP contribution in [0.25, 0.3) is 0 Å². The number of nitrogens with zero attached hydrogens (tertiary/aromatic N) is 2. The second-order valence-electron chi connectivity index (χ2n) is 3.75. The van der Waals surface area contributed by atoms with Gasteiger partial charge in [-0.15, -0.1) is 0 Å². The Morgan fingerprint density at radius 3 is 3.12 bits per heavy atom. The number of hydrogen-bond acceptors (Lipinski definition) is 5. The molecule has 0 aromatic carbocycles. The number of ether oxygens (including phenoxy) is 1. The van der Waals surface area contributed by atoms with E-state index in [1.807, 2.05) is 4.90 Å². The standard InChI is InChI=1S/C11H14N2O3/c1-16-11(15)9-3-2-5-12-10(9)13-6-4-8(14)7-13/h2-3,5,8,14H,4,6-7H2,1H3. The quantitative estimate of drug-likeness (QED) is 0.736. The third-order valence-corrected chi connectivity index (χ3v) is 2.65. The van der Waals surface area contributed by atoms with E-state index in [1.165, 1.54) is 7.11 Å². The van der Waals surface area contributed by atoms with Gasteiger partial charge in [0.25, 0.3) is 0 Å². The van der Waals surface area contributed by atoms with Crippen LogP contribution in [0, 0.1) is 0 Å². The van der Waals surface area contributed by atoms with Crippen LogP contribution in [0.5, 0.6) is 0 Å². The van der Waals surface area contributed by atoms with Crippen LogP contribution in [0.3, 0.4) is 0 Å². The van der Waals surface area contributed by atoms with Crippen molar-refractivity contribution < 1.29 is 14.6 Å². The third-order valence-electron chi connectivity index (χ3n) is 2.65. The summed E-state index contributed by atoms with van der Waals surface area (Å²) in [6.07, 6.45) is 2.00. The van der Waals surface area contributed by atoms with Crippen molar-refractivity contribution in [2.75, 3.05) is 25.1 Å². The molecule has 0 amide bonds. The minimum atomic E-state index is -0.399. The summed E-state index contributed by atoms with van der Waals surface area (Å²) >= 11 is 0. The van der Waals surface area contributed by atoms with Crippen LogP contribution in [0.15, 0.2) is 18.3 Å². The van der Waals surface area contributed by atoms with Crippen molar-refractivity contribution in [1.82, 2.24) is 4.98 Å². The van der Waals surface area contributed by atoms with Gasteiger partial charge < -0.3 is 14.7 Å². The van der Waals surface area contributed by atoms with Crippen molar-refractivity contribution in [3.63, 3.8) is 0 Å². The molecule has 1 aromatic heterocycles. The number of carbonyl (C=O) groups is 1. The summed E-state index contributed by atoms with van der Waals surface area (Å²) in [5.41, 5.74) is 0.444. The molecule has 5 heteroatoms. The molecule has 0 saturated carbocycles. The van der Waals surface area contributed by atoms with Crippen molar-refractivity contribution in [1.29, 1.82) is 0 Å². The van der Waals surface area contributed by atoms with E-state index in [2.05, 4.69) is 4.98 Å². The Hall–Kier alpha value is -1.62. The predicted octanol–water partition coefficient (Wildman–Crippen LogP) is 0.439. The number of aliphatic hydroxyl groups excluding tert-OH is 1. The fourth-order valence-electron chi connectivity index (χ4n) is 1.85. The lowest BCUT2D eigenvalue weighted by Gasteiger charge is -2.18. The van der Waals surface area contributed by atoms with E-state index in [0.29, 0.717) is 30.9 Å². The molecular weight excluding hydrogens is 208 g/mol. The molecule has 0 bridgehead atoms. The van der Waals surface area contributed by atoms with Gasteiger partial charge in [0.1, 0.15) is 11.4 Å². The second-order valence-corrected chi connectivity index (χ2v) is 3.75. The van der Waals surface area contributed by atoms with Crippen molar-refractivity contribution in [3.05, 3.63) is 23.9 Å². The minimum Gasteiger partial charge on any atom is -0.465 e. The molecule has 1 aromatic rings. The largest absolute Gasteiger partial charge is 0.465 e. The number of hydrogen-bond donors (Lipinski definition) is 1. The fraction of sp³-hybridized carbons (Fsp3) is 0.455. The number of pyridine rings is 1. The van der Waals surface area contributed by atoms with Gasteiger partial charge in [-0.2, -0.15) is 0 Å². The number of esters is 1. The van der Waals surface area contributed by atoms with E-state index in [1.54, 1.807) is 18.3 Å². The first-order chi connectivity index (χ1) is 7.72. The highest BCUT2D eigenvalue weighted by Gasteiger charge is 2.25. The Morgan fingerprint density at radius 1 is 1.69 bits per heavy atom. The van der Waals surface area contributed by atoms with Crippen LogP contribution in [0.1, 0.15) is 16.8 Å². The smallest absolute Gasteiger partial charge is 0.341 e. The Kier molecular flexibility index (Phi) is 3.05. The van der Waals surface area contributed by atoms with E-state index in [4.69, 9.17) is 4.74 Å². The lowest BCUT2D eigenvalue weighted by molar-refractivity contribution is 0.0601. The molecule has 5 nitrogen and oxygen atoms in total. The van der Waals surface area contributed by atoms with Crippen molar-refractivity contribution >= 4 is 11.8 Å². The molecule has 0 aliphatic carbocycles. The van der Waals surface area contributed by atoms with Crippen molar-refractivity contribution in [3.8, 4) is 0 Å². The van der Waals surface area contributed by atoms with Crippen LogP contribution in [0.4, 0.5) is 5.82 Å². The summed E-state index contributed by atoms with van der Waals surface area (Å²) in [6.45, 7) is 1.23. The average Bonchev–Trinajstić information content (AvgIpc) is 2.75. The van der Waals surface area contributed by atoms with Crippen LogP contribution in [-0.2, 0) is 4.74 Å². The van der Waals surface area contributed by atoms with E-state index in [-0.39, 0.29) is 6.10 Å². The van der Waals surface area contributed by atoms with Crippen molar-refractivity contribution in [2.45, 2.75) is 12.5 Å². The summed E-state index contributed by atoms with van der Waals surface area (Å²) in [4.78, 5) is 17.6. The number of anilines is 1. The molecule has 1 aliphatic rings. The van der Waals surface area contributed by atoms with E-state index in [9.17, 15) is 9.90 Å². The van der Waals surface area contributed by atoms with Gasteiger partial charge in [-0.25, -0.2) is 9.78 Å². The lowest BCUT2D eigenvalue weighted by atomic mass is 10.2. The zero-order valence-corrected chi connectivity index (χ0v) is 9.09. The van der Waals surface area contributed by atoms with Gasteiger partial charge in [0.15, 0.2) is 0 Å². The maximum absolute atomic E-state index is 11.5. The maximum Gasteiger partial charge on any atom is 0.341 e. The summed E-state index contributed by atoms with van der Waals surface area (Å²) in [5, 5.41) is 9.46. The molecule has 2 rings (SSSR count). The zero-order chi connectivity index (χ0) is 11.5. The van der Waals surface area contributed by atoms with E-state index < -0.39 is 5.97 Å². The molecule has 1 N–H and O–H groups in total. The lowest BCUT2D eigenvalue weighted by Crippen LogP contribution is -2.24. The summed E-state index contributed by atoms with van der Waals surface area (Å²) in [6, 6.07) is 3.38. The molecule has 1 atom stereocenters. The molecule has 86 valence electrons. The normalized spacial score (nSPS) is 19.9. The molecule has 1 saturated heterocycles. The number of β-amino-alcohol motifs (C(OH)–C–C–N with tert-alkyl or cyclic N) is 1. The Bertz CT molecular complexity index is 395. The second kappa shape index (κ2) is 4.49. The van der Waals surface area contributed by atoms with Crippen LogP contribution in [-0.4, -0.2) is 42.4 Å². The number of rotatable bonds is 2. The van der Waals surface area contributed by atoms with Crippen molar-refractivity contribution in [2.24, 2.45) is 0 Å². The Balaban J connectivity index is 2.29. The summed E-state index contributed by atoms with van der Waals surface area (Å²) in [7, 11) is 1.35. The van der Waals surface area contributed by atoms with Crippen LogP contribution >= 0.6 is 0 Å². The molecule has 16 heavy (non-hydrogen) atoms.